The Morgan fingerprint density at radius 2 is 2.06 bits per heavy atom. The van der Waals surface area contributed by atoms with Crippen LogP contribution in [-0.4, -0.2) is 58.3 Å². The molecule has 16 heavy (non-hydrogen) atoms. The van der Waals surface area contributed by atoms with Gasteiger partial charge in [-0.15, -0.1) is 0 Å². The minimum absolute atomic E-state index is 0.808. The van der Waals surface area contributed by atoms with Crippen LogP contribution in [0.4, 0.5) is 0 Å². The zero-order chi connectivity index (χ0) is 12.6. The first-order valence-corrected chi connectivity index (χ1v) is 6.76. The van der Waals surface area contributed by atoms with Crippen LogP contribution in [0.25, 0.3) is 0 Å². The van der Waals surface area contributed by atoms with E-state index in [1.807, 2.05) is 0 Å². The van der Waals surface area contributed by atoms with E-state index in [1.54, 1.807) is 4.90 Å². The van der Waals surface area contributed by atoms with E-state index < -0.39 is 10.4 Å². The average molecular weight is 254 g/mol. The van der Waals surface area contributed by atoms with E-state index in [0.717, 1.165) is 7.11 Å². The molecular formula is C9H22N2O4S. The molecular weight excluding hydrogens is 232 g/mol. The summed E-state index contributed by atoms with van der Waals surface area (Å²) in [7, 11) is -1.40. The monoisotopic (exact) mass is 254 g/mol. The highest BCUT2D eigenvalue weighted by atomic mass is 32.3. The van der Waals surface area contributed by atoms with Crippen LogP contribution in [0, 0.1) is 0 Å². The Bertz CT molecular complexity index is 269. The van der Waals surface area contributed by atoms with E-state index in [2.05, 4.69) is 23.1 Å². The summed E-state index contributed by atoms with van der Waals surface area (Å²) >= 11 is 0. The van der Waals surface area contributed by atoms with Gasteiger partial charge in [-0.1, -0.05) is 13.3 Å². The molecule has 6 nitrogen and oxygen atoms in total. The number of likely N-dealkylation sites (N-methyl/N-ethyl adjacent to an activating group) is 1. The van der Waals surface area contributed by atoms with Crippen molar-refractivity contribution in [3.63, 3.8) is 0 Å². The van der Waals surface area contributed by atoms with Gasteiger partial charge in [0, 0.05) is 0 Å². The molecule has 1 unspecified atom stereocenters. The van der Waals surface area contributed by atoms with Crippen molar-refractivity contribution in [3.05, 3.63) is 0 Å². The van der Waals surface area contributed by atoms with Gasteiger partial charge in [-0.25, -0.2) is 8.42 Å². The minimum Gasteiger partial charge on any atom is -0.726 e. The Balaban J connectivity index is 0.000000325. The fourth-order valence-corrected chi connectivity index (χ4v) is 1.52. The summed E-state index contributed by atoms with van der Waals surface area (Å²) in [6.07, 6.45) is 2.73. The van der Waals surface area contributed by atoms with Crippen molar-refractivity contribution < 1.29 is 22.1 Å². The Hall–Kier alpha value is -0.210. The third-order valence-electron chi connectivity index (χ3n) is 2.43. The number of quaternary nitrogens is 1. The van der Waals surface area contributed by atoms with Crippen molar-refractivity contribution in [1.29, 1.82) is 0 Å². The molecule has 0 aliphatic carbocycles. The van der Waals surface area contributed by atoms with E-state index in [-0.39, 0.29) is 0 Å². The molecule has 1 heterocycles. The fraction of sp³-hybridized carbons (Fsp3) is 1.00. The molecule has 1 N–H and O–H groups in total. The van der Waals surface area contributed by atoms with Gasteiger partial charge in [0.1, 0.15) is 6.67 Å². The molecule has 7 heteroatoms. The van der Waals surface area contributed by atoms with E-state index in [1.165, 1.54) is 39.1 Å². The van der Waals surface area contributed by atoms with E-state index >= 15 is 0 Å². The van der Waals surface area contributed by atoms with E-state index in [0.29, 0.717) is 0 Å². The van der Waals surface area contributed by atoms with Gasteiger partial charge in [0.05, 0.1) is 26.7 Å². The quantitative estimate of drug-likeness (QED) is 0.497. The number of hydrogen-bond donors (Lipinski definition) is 1. The second-order valence-electron chi connectivity index (χ2n) is 3.92. The van der Waals surface area contributed by atoms with Crippen molar-refractivity contribution >= 4 is 10.4 Å². The van der Waals surface area contributed by atoms with Gasteiger partial charge in [0.25, 0.3) is 0 Å². The SMILES string of the molecule is CCCC[NH+]1CCN(C)C1.COS(=O)(=O)[O-]. The summed E-state index contributed by atoms with van der Waals surface area (Å²) in [6.45, 7) is 7.55. The number of nitrogens with zero attached hydrogens (tertiary/aromatic N) is 1. The van der Waals surface area contributed by atoms with Gasteiger partial charge >= 0.3 is 0 Å². The fourth-order valence-electron chi connectivity index (χ4n) is 1.52. The lowest BCUT2D eigenvalue weighted by Gasteiger charge is -2.10. The van der Waals surface area contributed by atoms with Crippen LogP contribution in [0.2, 0.25) is 0 Å². The smallest absolute Gasteiger partial charge is 0.217 e. The molecule has 0 spiro atoms. The Morgan fingerprint density at radius 1 is 1.50 bits per heavy atom. The number of nitrogens with one attached hydrogen (secondary N) is 1. The Morgan fingerprint density at radius 3 is 2.38 bits per heavy atom. The summed E-state index contributed by atoms with van der Waals surface area (Å²) < 4.78 is 31.0. The highest BCUT2D eigenvalue weighted by molar-refractivity contribution is 7.80. The van der Waals surface area contributed by atoms with Gasteiger partial charge in [-0.3, -0.25) is 9.08 Å². The summed E-state index contributed by atoms with van der Waals surface area (Å²) in [5.41, 5.74) is 0. The van der Waals surface area contributed by atoms with Crippen LogP contribution in [0.3, 0.4) is 0 Å². The van der Waals surface area contributed by atoms with Crippen LogP contribution in [0.5, 0.6) is 0 Å². The lowest BCUT2D eigenvalue weighted by molar-refractivity contribution is -0.891. The number of unbranched alkanes of at least 4 members (excludes halogenated alkanes) is 1. The molecule has 98 valence electrons. The maximum Gasteiger partial charge on any atom is 0.217 e. The highest BCUT2D eigenvalue weighted by Gasteiger charge is 2.18. The predicted octanol–water partition coefficient (Wildman–Crippen LogP) is -1.33. The summed E-state index contributed by atoms with van der Waals surface area (Å²) in [4.78, 5) is 4.18. The van der Waals surface area contributed by atoms with E-state index in [9.17, 15) is 13.0 Å². The van der Waals surface area contributed by atoms with Crippen molar-refractivity contribution in [1.82, 2.24) is 4.90 Å². The minimum atomic E-state index is -4.41. The zero-order valence-corrected chi connectivity index (χ0v) is 11.0. The van der Waals surface area contributed by atoms with Crippen molar-refractivity contribution in [3.8, 4) is 0 Å². The molecule has 0 aromatic rings. The summed E-state index contributed by atoms with van der Waals surface area (Å²) in [5, 5.41) is 0. The van der Waals surface area contributed by atoms with Gasteiger partial charge in [-0.05, 0) is 13.5 Å². The molecule has 0 amide bonds. The average Bonchev–Trinajstić information content (AvgIpc) is 2.61. The van der Waals surface area contributed by atoms with Crippen LogP contribution in [-0.2, 0) is 14.6 Å². The van der Waals surface area contributed by atoms with Crippen molar-refractivity contribution in [2.75, 3.05) is 40.5 Å². The van der Waals surface area contributed by atoms with Crippen molar-refractivity contribution in [2.45, 2.75) is 19.8 Å². The van der Waals surface area contributed by atoms with Crippen molar-refractivity contribution in [2.24, 2.45) is 0 Å². The van der Waals surface area contributed by atoms with Crippen LogP contribution in [0.1, 0.15) is 19.8 Å². The van der Waals surface area contributed by atoms with E-state index in [4.69, 9.17) is 0 Å². The second kappa shape index (κ2) is 7.97. The Labute approximate surface area is 98.1 Å². The standard InChI is InChI=1S/C8H18N2.CH4O4S/c1-3-4-5-10-7-6-9(2)8-10;1-5-6(2,3)4/h3-8H2,1-2H3;1H3,(H,2,3,4). The highest BCUT2D eigenvalue weighted by Crippen LogP contribution is 1.84. The largest absolute Gasteiger partial charge is 0.726 e. The first kappa shape index (κ1) is 15.8. The topological polar surface area (TPSA) is 74.1 Å². The molecule has 1 atom stereocenters. The number of rotatable bonds is 4. The van der Waals surface area contributed by atoms with Crippen LogP contribution < -0.4 is 4.90 Å². The lowest BCUT2D eigenvalue weighted by atomic mass is 10.3. The summed E-state index contributed by atoms with van der Waals surface area (Å²) in [6, 6.07) is 0. The van der Waals surface area contributed by atoms with Crippen LogP contribution in [0.15, 0.2) is 0 Å². The van der Waals surface area contributed by atoms with Gasteiger partial charge in [0.15, 0.2) is 0 Å². The molecule has 0 aromatic carbocycles. The molecule has 1 saturated heterocycles. The molecule has 0 aromatic heterocycles. The zero-order valence-electron chi connectivity index (χ0n) is 10.2. The van der Waals surface area contributed by atoms with Gasteiger partial charge < -0.3 is 9.45 Å². The second-order valence-corrected chi connectivity index (χ2v) is 5.07. The summed E-state index contributed by atoms with van der Waals surface area (Å²) in [5.74, 6) is 0. The van der Waals surface area contributed by atoms with Crippen LogP contribution >= 0.6 is 0 Å². The molecule has 0 saturated carbocycles. The molecule has 0 bridgehead atoms. The maximum atomic E-state index is 9.22. The normalized spacial score (nSPS) is 21.6. The molecule has 1 fully saturated rings. The molecule has 0 radical (unpaired) electrons. The molecule has 1 rings (SSSR count). The predicted molar refractivity (Wildman–Crippen MR) is 59.8 cm³/mol. The Kier molecular flexibility index (Phi) is 7.86. The van der Waals surface area contributed by atoms with Gasteiger partial charge in [-0.2, -0.15) is 0 Å². The first-order valence-electron chi connectivity index (χ1n) is 5.42. The number of hydrogen-bond acceptors (Lipinski definition) is 5. The molecule has 1 aliphatic rings. The maximum absolute atomic E-state index is 9.22. The first-order chi connectivity index (χ1) is 7.39. The molecule has 1 aliphatic heterocycles. The third-order valence-corrected chi connectivity index (χ3v) is 2.84. The lowest BCUT2D eigenvalue weighted by Crippen LogP contribution is -3.10. The van der Waals surface area contributed by atoms with Gasteiger partial charge in [0.2, 0.25) is 10.4 Å². The third kappa shape index (κ3) is 9.05.